The first-order valence-corrected chi connectivity index (χ1v) is 9.05. The van der Waals surface area contributed by atoms with Crippen molar-refractivity contribution in [2.45, 2.75) is 17.9 Å². The van der Waals surface area contributed by atoms with Gasteiger partial charge in [0.1, 0.15) is 17.6 Å². The molecule has 124 valence electrons. The van der Waals surface area contributed by atoms with Gasteiger partial charge in [-0.2, -0.15) is 5.10 Å². The van der Waals surface area contributed by atoms with Crippen molar-refractivity contribution in [1.82, 2.24) is 19.5 Å². The van der Waals surface area contributed by atoms with E-state index in [1.807, 2.05) is 24.3 Å². The lowest BCUT2D eigenvalue weighted by Crippen LogP contribution is -2.27. The van der Waals surface area contributed by atoms with Crippen molar-refractivity contribution >= 4 is 21.6 Å². The van der Waals surface area contributed by atoms with E-state index in [9.17, 15) is 8.42 Å². The number of aromatic nitrogens is 3. The molecule has 3 rings (SSSR count). The van der Waals surface area contributed by atoms with Crippen LogP contribution in [0.2, 0.25) is 5.02 Å². The number of nitrogens with zero attached hydrogens (tertiary/aromatic N) is 3. The van der Waals surface area contributed by atoms with E-state index in [0.717, 1.165) is 11.3 Å². The van der Waals surface area contributed by atoms with Crippen LogP contribution in [0.4, 0.5) is 0 Å². The van der Waals surface area contributed by atoms with Gasteiger partial charge in [0.05, 0.1) is 10.7 Å². The average Bonchev–Trinajstić information content (AvgIpc) is 3.09. The van der Waals surface area contributed by atoms with Crippen LogP contribution in [-0.2, 0) is 10.0 Å². The Balaban J connectivity index is 1.80. The monoisotopic (exact) mass is 362 g/mol. The standard InChI is InChI=1S/C16H15ClN4O2S/c1-12(20-24(22,23)16-5-3-2-4-15(16)17)13-6-8-14(9-7-13)21-11-18-10-19-21/h2-12,20H,1H3. The molecule has 0 fully saturated rings. The molecule has 0 bridgehead atoms. The van der Waals surface area contributed by atoms with Gasteiger partial charge in [-0.1, -0.05) is 35.9 Å². The summed E-state index contributed by atoms with van der Waals surface area (Å²) in [5.41, 5.74) is 1.67. The van der Waals surface area contributed by atoms with Crippen LogP contribution in [0, 0.1) is 0 Å². The maximum atomic E-state index is 12.5. The lowest BCUT2D eigenvalue weighted by molar-refractivity contribution is 0.567. The summed E-state index contributed by atoms with van der Waals surface area (Å²) in [6.07, 6.45) is 3.05. The zero-order valence-corrected chi connectivity index (χ0v) is 14.4. The molecule has 0 saturated carbocycles. The van der Waals surface area contributed by atoms with Gasteiger partial charge < -0.3 is 0 Å². The minimum Gasteiger partial charge on any atom is -0.223 e. The zero-order valence-electron chi connectivity index (χ0n) is 12.8. The molecule has 1 unspecified atom stereocenters. The summed E-state index contributed by atoms with van der Waals surface area (Å²) in [5.74, 6) is 0. The highest BCUT2D eigenvalue weighted by molar-refractivity contribution is 7.89. The molecular weight excluding hydrogens is 348 g/mol. The molecule has 1 N–H and O–H groups in total. The molecule has 24 heavy (non-hydrogen) atoms. The van der Waals surface area contributed by atoms with Crippen LogP contribution in [0.1, 0.15) is 18.5 Å². The van der Waals surface area contributed by atoms with Crippen LogP contribution >= 0.6 is 11.6 Å². The highest BCUT2D eigenvalue weighted by Gasteiger charge is 2.20. The number of hydrogen-bond donors (Lipinski definition) is 1. The summed E-state index contributed by atoms with van der Waals surface area (Å²) in [6, 6.07) is 13.3. The van der Waals surface area contributed by atoms with Crippen LogP contribution < -0.4 is 4.72 Å². The highest BCUT2D eigenvalue weighted by atomic mass is 35.5. The summed E-state index contributed by atoms with van der Waals surface area (Å²) in [5, 5.41) is 4.24. The molecule has 1 aromatic heterocycles. The van der Waals surface area contributed by atoms with Crippen molar-refractivity contribution in [2.75, 3.05) is 0 Å². The van der Waals surface area contributed by atoms with Gasteiger partial charge in [-0.3, -0.25) is 0 Å². The third-order valence-corrected chi connectivity index (χ3v) is 5.57. The lowest BCUT2D eigenvalue weighted by Gasteiger charge is -2.15. The lowest BCUT2D eigenvalue weighted by atomic mass is 10.1. The second kappa shape index (κ2) is 6.72. The number of rotatable bonds is 5. The van der Waals surface area contributed by atoms with Gasteiger partial charge in [-0.25, -0.2) is 22.8 Å². The number of benzene rings is 2. The molecule has 6 nitrogen and oxygen atoms in total. The number of nitrogens with one attached hydrogen (secondary N) is 1. The van der Waals surface area contributed by atoms with Crippen LogP contribution in [0.15, 0.2) is 66.1 Å². The molecule has 3 aromatic rings. The minimum absolute atomic E-state index is 0.0674. The first-order chi connectivity index (χ1) is 11.5. The largest absolute Gasteiger partial charge is 0.242 e. The van der Waals surface area contributed by atoms with E-state index in [4.69, 9.17) is 11.6 Å². The molecule has 8 heteroatoms. The third-order valence-electron chi connectivity index (χ3n) is 3.53. The summed E-state index contributed by atoms with van der Waals surface area (Å²) in [7, 11) is -3.70. The van der Waals surface area contributed by atoms with Gasteiger partial charge in [0.2, 0.25) is 10.0 Å². The summed E-state index contributed by atoms with van der Waals surface area (Å²) in [6.45, 7) is 1.78. The second-order valence-corrected chi connectivity index (χ2v) is 7.29. The van der Waals surface area contributed by atoms with Crippen molar-refractivity contribution < 1.29 is 8.42 Å². The second-order valence-electron chi connectivity index (χ2n) is 5.20. The van der Waals surface area contributed by atoms with E-state index in [0.29, 0.717) is 0 Å². The number of sulfonamides is 1. The van der Waals surface area contributed by atoms with Gasteiger partial charge in [0, 0.05) is 6.04 Å². The molecule has 1 heterocycles. The van der Waals surface area contributed by atoms with Crippen molar-refractivity contribution in [1.29, 1.82) is 0 Å². The van der Waals surface area contributed by atoms with E-state index in [2.05, 4.69) is 14.8 Å². The smallest absolute Gasteiger partial charge is 0.223 e. The van der Waals surface area contributed by atoms with Gasteiger partial charge >= 0.3 is 0 Å². The summed E-state index contributed by atoms with van der Waals surface area (Å²) < 4.78 is 29.2. The summed E-state index contributed by atoms with van der Waals surface area (Å²) in [4.78, 5) is 3.96. The molecular formula is C16H15ClN4O2S. The van der Waals surface area contributed by atoms with E-state index in [1.165, 1.54) is 12.4 Å². The van der Waals surface area contributed by atoms with Gasteiger partial charge in [-0.15, -0.1) is 0 Å². The van der Waals surface area contributed by atoms with Crippen LogP contribution in [0.5, 0.6) is 0 Å². The quantitative estimate of drug-likeness (QED) is 0.757. The van der Waals surface area contributed by atoms with E-state index in [1.54, 1.807) is 36.1 Å². The Morgan fingerprint density at radius 2 is 1.83 bits per heavy atom. The maximum absolute atomic E-state index is 12.5. The fourth-order valence-electron chi connectivity index (χ4n) is 2.28. The first kappa shape index (κ1) is 16.6. The summed E-state index contributed by atoms with van der Waals surface area (Å²) >= 11 is 5.98. The predicted octanol–water partition coefficient (Wildman–Crippen LogP) is 2.96. The molecule has 2 aromatic carbocycles. The van der Waals surface area contributed by atoms with Crippen molar-refractivity contribution in [2.24, 2.45) is 0 Å². The molecule has 0 aliphatic rings. The Morgan fingerprint density at radius 1 is 1.12 bits per heavy atom. The minimum atomic E-state index is -3.70. The Morgan fingerprint density at radius 3 is 2.46 bits per heavy atom. The molecule has 0 aliphatic carbocycles. The number of halogens is 1. The predicted molar refractivity (Wildman–Crippen MR) is 91.5 cm³/mol. The van der Waals surface area contributed by atoms with Gasteiger partial charge in [0.15, 0.2) is 0 Å². The SMILES string of the molecule is CC(NS(=O)(=O)c1ccccc1Cl)c1ccc(-n2cncn2)cc1. The van der Waals surface area contributed by atoms with Crippen molar-refractivity contribution in [3.63, 3.8) is 0 Å². The van der Waals surface area contributed by atoms with E-state index < -0.39 is 16.1 Å². The molecule has 0 amide bonds. The van der Waals surface area contributed by atoms with Gasteiger partial charge in [-0.05, 0) is 36.8 Å². The fraction of sp³-hybridized carbons (Fsp3) is 0.125. The maximum Gasteiger partial charge on any atom is 0.242 e. The van der Waals surface area contributed by atoms with E-state index in [-0.39, 0.29) is 9.92 Å². The van der Waals surface area contributed by atoms with Crippen molar-refractivity contribution in [3.05, 3.63) is 71.8 Å². The van der Waals surface area contributed by atoms with Crippen LogP contribution in [0.3, 0.4) is 0 Å². The number of hydrogen-bond acceptors (Lipinski definition) is 4. The first-order valence-electron chi connectivity index (χ1n) is 7.19. The Hall–Kier alpha value is -2.22. The van der Waals surface area contributed by atoms with Crippen molar-refractivity contribution in [3.8, 4) is 5.69 Å². The highest BCUT2D eigenvalue weighted by Crippen LogP contribution is 2.23. The topological polar surface area (TPSA) is 76.9 Å². The van der Waals surface area contributed by atoms with E-state index >= 15 is 0 Å². The Bertz CT molecular complexity index is 925. The van der Waals surface area contributed by atoms with Crippen LogP contribution in [0.25, 0.3) is 5.69 Å². The fourth-order valence-corrected chi connectivity index (χ4v) is 4.04. The van der Waals surface area contributed by atoms with Crippen LogP contribution in [-0.4, -0.2) is 23.2 Å². The molecule has 1 atom stereocenters. The Kier molecular flexibility index (Phi) is 4.66. The molecule has 0 radical (unpaired) electrons. The normalized spacial score (nSPS) is 12.9. The Labute approximate surface area is 145 Å². The molecule has 0 aliphatic heterocycles. The zero-order chi connectivity index (χ0) is 17.2. The third kappa shape index (κ3) is 3.48. The van der Waals surface area contributed by atoms with Gasteiger partial charge in [0.25, 0.3) is 0 Å². The average molecular weight is 363 g/mol. The molecule has 0 spiro atoms. The molecule has 0 saturated heterocycles.